The summed E-state index contributed by atoms with van der Waals surface area (Å²) in [5, 5.41) is 13.6. The molecule has 1 aliphatic carbocycles. The molecule has 0 aromatic heterocycles. The number of carbonyl (C=O) groups excluding carboxylic acids is 1. The number of nitrogens with one attached hydrogen (secondary N) is 1. The van der Waals surface area contributed by atoms with Crippen molar-refractivity contribution in [3.63, 3.8) is 0 Å². The van der Waals surface area contributed by atoms with Gasteiger partial charge in [0.1, 0.15) is 0 Å². The number of carbonyl (C=O) groups is 1. The smallest absolute Gasteiger partial charge is 0.270 e. The minimum absolute atomic E-state index is 0.0276. The van der Waals surface area contributed by atoms with Gasteiger partial charge in [0.05, 0.1) is 4.92 Å². The molecular formula is C15H18N2O3. The lowest BCUT2D eigenvalue weighted by molar-refractivity contribution is -0.384. The van der Waals surface area contributed by atoms with Gasteiger partial charge in [-0.25, -0.2) is 0 Å². The number of amides is 1. The third-order valence-electron chi connectivity index (χ3n) is 3.46. The van der Waals surface area contributed by atoms with Crippen LogP contribution in [0.3, 0.4) is 0 Å². The van der Waals surface area contributed by atoms with Gasteiger partial charge < -0.3 is 5.32 Å². The van der Waals surface area contributed by atoms with Crippen molar-refractivity contribution >= 4 is 17.7 Å². The summed E-state index contributed by atoms with van der Waals surface area (Å²) in [5.41, 5.74) is 0.679. The predicted molar refractivity (Wildman–Crippen MR) is 77.1 cm³/mol. The first-order chi connectivity index (χ1) is 9.65. The number of benzene rings is 1. The third-order valence-corrected chi connectivity index (χ3v) is 3.46. The largest absolute Gasteiger partial charge is 0.350 e. The minimum atomic E-state index is -0.445. The topological polar surface area (TPSA) is 72.2 Å². The second-order valence-corrected chi connectivity index (χ2v) is 5.03. The predicted octanol–water partition coefficient (Wildman–Crippen LogP) is 3.06. The lowest BCUT2D eigenvalue weighted by atomic mass is 9.95. The Balaban J connectivity index is 1.92. The summed E-state index contributed by atoms with van der Waals surface area (Å²) in [5.74, 6) is -0.136. The zero-order chi connectivity index (χ0) is 14.4. The van der Waals surface area contributed by atoms with E-state index in [9.17, 15) is 14.9 Å². The van der Waals surface area contributed by atoms with Crippen LogP contribution in [0, 0.1) is 10.1 Å². The Morgan fingerprint density at radius 3 is 2.75 bits per heavy atom. The van der Waals surface area contributed by atoms with E-state index in [0.29, 0.717) is 5.56 Å². The molecule has 1 saturated carbocycles. The maximum absolute atomic E-state index is 11.8. The second-order valence-electron chi connectivity index (χ2n) is 5.03. The van der Waals surface area contributed by atoms with E-state index in [1.807, 2.05) is 0 Å². The number of non-ortho nitro benzene ring substituents is 1. The molecule has 5 nitrogen and oxygen atoms in total. The van der Waals surface area contributed by atoms with E-state index in [4.69, 9.17) is 0 Å². The Morgan fingerprint density at radius 1 is 1.30 bits per heavy atom. The van der Waals surface area contributed by atoms with Crippen LogP contribution in [0.25, 0.3) is 6.08 Å². The average Bonchev–Trinajstić information content (AvgIpc) is 2.46. The molecule has 5 heteroatoms. The SMILES string of the molecule is O=C(/C=C/c1cccc([N+](=O)[O-])c1)NC1CCCCC1. The summed E-state index contributed by atoms with van der Waals surface area (Å²) in [6.45, 7) is 0. The van der Waals surface area contributed by atoms with Gasteiger partial charge in [-0.2, -0.15) is 0 Å². The van der Waals surface area contributed by atoms with Crippen molar-refractivity contribution in [2.75, 3.05) is 0 Å². The molecule has 1 aromatic carbocycles. The molecule has 1 N–H and O–H groups in total. The van der Waals surface area contributed by atoms with Crippen LogP contribution < -0.4 is 5.32 Å². The second kappa shape index (κ2) is 6.84. The first-order valence-corrected chi connectivity index (χ1v) is 6.88. The van der Waals surface area contributed by atoms with Gasteiger partial charge >= 0.3 is 0 Å². The maximum Gasteiger partial charge on any atom is 0.270 e. The molecule has 1 fully saturated rings. The van der Waals surface area contributed by atoms with E-state index in [0.717, 1.165) is 12.8 Å². The van der Waals surface area contributed by atoms with Crippen molar-refractivity contribution in [2.24, 2.45) is 0 Å². The lowest BCUT2D eigenvalue weighted by Gasteiger charge is -2.21. The summed E-state index contributed by atoms with van der Waals surface area (Å²) in [6.07, 6.45) is 8.70. The van der Waals surface area contributed by atoms with E-state index in [1.54, 1.807) is 18.2 Å². The molecule has 0 atom stereocenters. The van der Waals surface area contributed by atoms with Gasteiger partial charge in [0.2, 0.25) is 5.91 Å². The molecule has 106 valence electrons. The maximum atomic E-state index is 11.8. The van der Waals surface area contributed by atoms with Gasteiger partial charge in [0.15, 0.2) is 0 Å². The molecule has 1 aromatic rings. The number of rotatable bonds is 4. The van der Waals surface area contributed by atoms with Crippen LogP contribution in [0.15, 0.2) is 30.3 Å². The van der Waals surface area contributed by atoms with E-state index in [2.05, 4.69) is 5.32 Å². The molecule has 0 unspecified atom stereocenters. The number of nitro benzene ring substituents is 1. The number of hydrogen-bond acceptors (Lipinski definition) is 3. The van der Waals surface area contributed by atoms with Gasteiger partial charge in [-0.3, -0.25) is 14.9 Å². The summed E-state index contributed by atoms with van der Waals surface area (Å²) in [7, 11) is 0. The fourth-order valence-corrected chi connectivity index (χ4v) is 2.41. The standard InChI is InChI=1S/C15H18N2O3/c18-15(16-13-6-2-1-3-7-13)10-9-12-5-4-8-14(11-12)17(19)20/h4-5,8-11,13H,1-3,6-7H2,(H,16,18)/b10-9+. The van der Waals surface area contributed by atoms with Crippen LogP contribution in [-0.4, -0.2) is 16.9 Å². The van der Waals surface area contributed by atoms with Crippen LogP contribution in [0.2, 0.25) is 0 Å². The summed E-state index contributed by atoms with van der Waals surface area (Å²) in [4.78, 5) is 22.0. The molecule has 0 spiro atoms. The van der Waals surface area contributed by atoms with E-state index in [-0.39, 0.29) is 17.6 Å². The third kappa shape index (κ3) is 4.19. The van der Waals surface area contributed by atoms with Crippen molar-refractivity contribution < 1.29 is 9.72 Å². The number of nitrogens with zero attached hydrogens (tertiary/aromatic N) is 1. The average molecular weight is 274 g/mol. The molecule has 1 aliphatic rings. The first kappa shape index (κ1) is 14.2. The van der Waals surface area contributed by atoms with E-state index in [1.165, 1.54) is 37.5 Å². The van der Waals surface area contributed by atoms with Gasteiger partial charge in [0, 0.05) is 24.3 Å². The Morgan fingerprint density at radius 2 is 2.05 bits per heavy atom. The molecule has 0 bridgehead atoms. The Labute approximate surface area is 117 Å². The highest BCUT2D eigenvalue weighted by Crippen LogP contribution is 2.17. The number of hydrogen-bond donors (Lipinski definition) is 1. The van der Waals surface area contributed by atoms with E-state index >= 15 is 0 Å². The van der Waals surface area contributed by atoms with Crippen molar-refractivity contribution in [3.05, 3.63) is 46.0 Å². The van der Waals surface area contributed by atoms with Crippen LogP contribution in [-0.2, 0) is 4.79 Å². The van der Waals surface area contributed by atoms with Gasteiger partial charge in [-0.05, 0) is 24.5 Å². The molecule has 0 heterocycles. The monoisotopic (exact) mass is 274 g/mol. The quantitative estimate of drug-likeness (QED) is 0.521. The van der Waals surface area contributed by atoms with Crippen molar-refractivity contribution in [1.29, 1.82) is 0 Å². The van der Waals surface area contributed by atoms with Crippen LogP contribution in [0.5, 0.6) is 0 Å². The highest BCUT2D eigenvalue weighted by molar-refractivity contribution is 5.92. The zero-order valence-electron chi connectivity index (χ0n) is 11.2. The number of nitro groups is 1. The molecule has 0 radical (unpaired) electrons. The van der Waals surface area contributed by atoms with Crippen LogP contribution in [0.4, 0.5) is 5.69 Å². The highest BCUT2D eigenvalue weighted by Gasteiger charge is 2.14. The molecule has 1 amide bonds. The molecule has 0 aliphatic heterocycles. The lowest BCUT2D eigenvalue weighted by Crippen LogP contribution is -2.34. The van der Waals surface area contributed by atoms with Gasteiger partial charge in [-0.1, -0.05) is 31.4 Å². The van der Waals surface area contributed by atoms with Crippen LogP contribution >= 0.6 is 0 Å². The Kier molecular flexibility index (Phi) is 4.87. The fraction of sp³-hybridized carbons (Fsp3) is 0.400. The van der Waals surface area contributed by atoms with Gasteiger partial charge in [0.25, 0.3) is 5.69 Å². The fourth-order valence-electron chi connectivity index (χ4n) is 2.41. The minimum Gasteiger partial charge on any atom is -0.350 e. The normalized spacial score (nSPS) is 16.2. The summed E-state index contributed by atoms with van der Waals surface area (Å²) < 4.78 is 0. The zero-order valence-corrected chi connectivity index (χ0v) is 11.2. The molecule has 20 heavy (non-hydrogen) atoms. The van der Waals surface area contributed by atoms with Crippen LogP contribution in [0.1, 0.15) is 37.7 Å². The van der Waals surface area contributed by atoms with Crippen molar-refractivity contribution in [1.82, 2.24) is 5.32 Å². The van der Waals surface area contributed by atoms with Crippen molar-refractivity contribution in [3.8, 4) is 0 Å². The molecular weight excluding hydrogens is 256 g/mol. The summed E-state index contributed by atoms with van der Waals surface area (Å²) in [6, 6.07) is 6.49. The Hall–Kier alpha value is -2.17. The molecule has 2 rings (SSSR count). The van der Waals surface area contributed by atoms with Crippen molar-refractivity contribution in [2.45, 2.75) is 38.1 Å². The Bertz CT molecular complexity index is 520. The first-order valence-electron chi connectivity index (χ1n) is 6.88. The van der Waals surface area contributed by atoms with E-state index < -0.39 is 4.92 Å². The van der Waals surface area contributed by atoms with Gasteiger partial charge in [-0.15, -0.1) is 0 Å². The summed E-state index contributed by atoms with van der Waals surface area (Å²) >= 11 is 0. The highest BCUT2D eigenvalue weighted by atomic mass is 16.6. The molecule has 0 saturated heterocycles.